The highest BCUT2D eigenvalue weighted by molar-refractivity contribution is 9.10. The first kappa shape index (κ1) is 17.8. The minimum Gasteiger partial charge on any atom is -0.496 e. The van der Waals surface area contributed by atoms with E-state index in [4.69, 9.17) is 9.15 Å². The van der Waals surface area contributed by atoms with Crippen molar-refractivity contribution in [3.8, 4) is 17.1 Å². The van der Waals surface area contributed by atoms with Crippen LogP contribution in [0.4, 0.5) is 0 Å². The molecule has 1 amide bonds. The molecule has 3 aromatic rings. The normalized spacial score (nSPS) is 10.5. The van der Waals surface area contributed by atoms with Crippen molar-refractivity contribution >= 4 is 37.8 Å². The van der Waals surface area contributed by atoms with Crippen molar-refractivity contribution < 1.29 is 13.9 Å². The lowest BCUT2D eigenvalue weighted by molar-refractivity contribution is 0.0948. The molecule has 6 heteroatoms. The predicted octanol–water partition coefficient (Wildman–Crippen LogP) is 5.41. The molecule has 0 spiro atoms. The zero-order valence-corrected chi connectivity index (χ0v) is 16.6. The van der Waals surface area contributed by atoms with E-state index in [1.807, 2.05) is 36.4 Å². The summed E-state index contributed by atoms with van der Waals surface area (Å²) in [5.41, 5.74) is 1.53. The quantitative estimate of drug-likeness (QED) is 0.549. The van der Waals surface area contributed by atoms with Gasteiger partial charge in [-0.25, -0.2) is 0 Å². The lowest BCUT2D eigenvalue weighted by atomic mass is 10.2. The molecule has 0 atom stereocenters. The molecule has 0 bridgehead atoms. The van der Waals surface area contributed by atoms with E-state index in [0.29, 0.717) is 23.6 Å². The van der Waals surface area contributed by atoms with Crippen molar-refractivity contribution in [2.24, 2.45) is 0 Å². The summed E-state index contributed by atoms with van der Waals surface area (Å²) in [7, 11) is 1.58. The molecule has 3 rings (SSSR count). The molecule has 0 saturated carbocycles. The Balaban J connectivity index is 1.65. The van der Waals surface area contributed by atoms with E-state index in [1.165, 1.54) is 0 Å². The van der Waals surface area contributed by atoms with Crippen LogP contribution in [0.3, 0.4) is 0 Å². The number of carbonyl (C=O) groups excluding carboxylic acids is 1. The Morgan fingerprint density at radius 1 is 1.08 bits per heavy atom. The molecule has 2 aromatic carbocycles. The first-order valence-electron chi connectivity index (χ1n) is 7.53. The number of amides is 1. The fraction of sp³-hybridized carbons (Fsp3) is 0.105. The molecule has 4 nitrogen and oxygen atoms in total. The summed E-state index contributed by atoms with van der Waals surface area (Å²) in [6, 6.07) is 16.8. The molecule has 25 heavy (non-hydrogen) atoms. The van der Waals surface area contributed by atoms with Crippen LogP contribution < -0.4 is 10.1 Å². The van der Waals surface area contributed by atoms with Gasteiger partial charge in [-0.15, -0.1) is 0 Å². The maximum Gasteiger partial charge on any atom is 0.251 e. The van der Waals surface area contributed by atoms with Crippen molar-refractivity contribution in [2.75, 3.05) is 7.11 Å². The third kappa shape index (κ3) is 4.32. The number of benzene rings is 2. The Hall–Kier alpha value is -2.05. The summed E-state index contributed by atoms with van der Waals surface area (Å²) in [6.45, 7) is 0.318. The van der Waals surface area contributed by atoms with Gasteiger partial charge in [0.05, 0.1) is 18.1 Å². The molecule has 0 fully saturated rings. The van der Waals surface area contributed by atoms with Crippen molar-refractivity contribution in [1.82, 2.24) is 5.32 Å². The Kier molecular flexibility index (Phi) is 5.60. The number of hydrogen-bond acceptors (Lipinski definition) is 3. The van der Waals surface area contributed by atoms with Gasteiger partial charge in [-0.1, -0.05) is 28.1 Å². The minimum atomic E-state index is -0.176. The first-order chi connectivity index (χ1) is 12.1. The van der Waals surface area contributed by atoms with Gasteiger partial charge in [-0.05, 0) is 58.4 Å². The molecular weight excluding hydrogens is 450 g/mol. The van der Waals surface area contributed by atoms with Crippen LogP contribution in [0.15, 0.2) is 68.0 Å². The number of ether oxygens (including phenoxy) is 1. The summed E-state index contributed by atoms with van der Waals surface area (Å²) < 4.78 is 12.7. The minimum absolute atomic E-state index is 0.176. The Labute approximate surface area is 162 Å². The maximum atomic E-state index is 12.3. The second-order valence-electron chi connectivity index (χ2n) is 5.30. The summed E-state index contributed by atoms with van der Waals surface area (Å²) >= 11 is 6.79. The van der Waals surface area contributed by atoms with Crippen LogP contribution in [-0.2, 0) is 6.54 Å². The maximum absolute atomic E-state index is 12.3. The van der Waals surface area contributed by atoms with E-state index in [9.17, 15) is 4.79 Å². The summed E-state index contributed by atoms with van der Waals surface area (Å²) in [5, 5.41) is 2.85. The van der Waals surface area contributed by atoms with Crippen LogP contribution >= 0.6 is 31.9 Å². The fourth-order valence-electron chi connectivity index (χ4n) is 2.32. The third-order valence-electron chi connectivity index (χ3n) is 3.63. The second-order valence-corrected chi connectivity index (χ2v) is 7.07. The molecular formula is C19H15Br2NO3. The lowest BCUT2D eigenvalue weighted by Gasteiger charge is -2.07. The molecule has 128 valence electrons. The van der Waals surface area contributed by atoms with Crippen LogP contribution in [0.1, 0.15) is 16.1 Å². The molecule has 0 saturated heterocycles. The molecule has 0 aliphatic heterocycles. The predicted molar refractivity (Wildman–Crippen MR) is 104 cm³/mol. The van der Waals surface area contributed by atoms with Crippen LogP contribution in [0.2, 0.25) is 0 Å². The van der Waals surface area contributed by atoms with Crippen molar-refractivity contribution in [3.63, 3.8) is 0 Å². The van der Waals surface area contributed by atoms with E-state index in [0.717, 1.165) is 20.3 Å². The van der Waals surface area contributed by atoms with Gasteiger partial charge in [0.25, 0.3) is 5.91 Å². The van der Waals surface area contributed by atoms with Crippen LogP contribution in [-0.4, -0.2) is 13.0 Å². The number of carbonyl (C=O) groups is 1. The molecule has 1 aromatic heterocycles. The summed E-state index contributed by atoms with van der Waals surface area (Å²) in [6.07, 6.45) is 0. The van der Waals surface area contributed by atoms with Gasteiger partial charge < -0.3 is 14.5 Å². The average Bonchev–Trinajstić information content (AvgIpc) is 3.09. The van der Waals surface area contributed by atoms with Gasteiger partial charge in [0.2, 0.25) is 0 Å². The van der Waals surface area contributed by atoms with E-state index < -0.39 is 0 Å². The first-order valence-corrected chi connectivity index (χ1v) is 9.12. The van der Waals surface area contributed by atoms with Crippen molar-refractivity contribution in [3.05, 3.63) is 74.9 Å². The molecule has 1 N–H and O–H groups in total. The lowest BCUT2D eigenvalue weighted by Crippen LogP contribution is -2.22. The molecule has 0 radical (unpaired) electrons. The van der Waals surface area contributed by atoms with Crippen molar-refractivity contribution in [1.29, 1.82) is 0 Å². The number of furan rings is 1. The second kappa shape index (κ2) is 7.89. The smallest absolute Gasteiger partial charge is 0.251 e. The van der Waals surface area contributed by atoms with Crippen LogP contribution in [0.5, 0.6) is 5.75 Å². The SMILES string of the molecule is COc1ccc(C(=O)NCc2ccc(-c3ccc(Br)cc3)o2)cc1Br. The Morgan fingerprint density at radius 2 is 1.84 bits per heavy atom. The standard InChI is InChI=1S/C19H15Br2NO3/c1-24-18-8-4-13(10-16(18)21)19(23)22-11-15-7-9-17(25-15)12-2-5-14(20)6-3-12/h2-10H,11H2,1H3,(H,22,23). The zero-order chi connectivity index (χ0) is 17.8. The topological polar surface area (TPSA) is 51.5 Å². The third-order valence-corrected chi connectivity index (χ3v) is 4.78. The molecule has 0 aliphatic carbocycles. The summed E-state index contributed by atoms with van der Waals surface area (Å²) in [5.74, 6) is 1.97. The Morgan fingerprint density at radius 3 is 2.52 bits per heavy atom. The average molecular weight is 465 g/mol. The van der Waals surface area contributed by atoms with Gasteiger partial charge in [-0.2, -0.15) is 0 Å². The fourth-order valence-corrected chi connectivity index (χ4v) is 3.12. The molecule has 1 heterocycles. The summed E-state index contributed by atoms with van der Waals surface area (Å²) in [4.78, 5) is 12.3. The van der Waals surface area contributed by atoms with Gasteiger partial charge in [0.1, 0.15) is 17.3 Å². The highest BCUT2D eigenvalue weighted by atomic mass is 79.9. The number of methoxy groups -OCH3 is 1. The van der Waals surface area contributed by atoms with E-state index in [2.05, 4.69) is 37.2 Å². The van der Waals surface area contributed by atoms with Crippen LogP contribution in [0.25, 0.3) is 11.3 Å². The van der Waals surface area contributed by atoms with Gasteiger partial charge in [0.15, 0.2) is 0 Å². The number of hydrogen-bond donors (Lipinski definition) is 1. The van der Waals surface area contributed by atoms with Gasteiger partial charge in [0, 0.05) is 15.6 Å². The Bertz CT molecular complexity index is 888. The number of halogens is 2. The van der Waals surface area contributed by atoms with E-state index in [1.54, 1.807) is 25.3 Å². The molecule has 0 unspecified atom stereocenters. The van der Waals surface area contributed by atoms with E-state index >= 15 is 0 Å². The van der Waals surface area contributed by atoms with Crippen molar-refractivity contribution in [2.45, 2.75) is 6.54 Å². The van der Waals surface area contributed by atoms with E-state index in [-0.39, 0.29) is 5.91 Å². The monoisotopic (exact) mass is 463 g/mol. The highest BCUT2D eigenvalue weighted by Gasteiger charge is 2.10. The molecule has 0 aliphatic rings. The van der Waals surface area contributed by atoms with Gasteiger partial charge >= 0.3 is 0 Å². The largest absolute Gasteiger partial charge is 0.496 e. The van der Waals surface area contributed by atoms with Gasteiger partial charge in [-0.3, -0.25) is 4.79 Å². The highest BCUT2D eigenvalue weighted by Crippen LogP contribution is 2.26. The number of rotatable bonds is 5. The van der Waals surface area contributed by atoms with Crippen LogP contribution in [0, 0.1) is 0 Å². The number of nitrogens with one attached hydrogen (secondary N) is 1. The zero-order valence-electron chi connectivity index (χ0n) is 13.4.